The highest BCUT2D eigenvalue weighted by Crippen LogP contribution is 2.39. The van der Waals surface area contributed by atoms with Crippen LogP contribution in [-0.2, 0) is 52.5 Å². The van der Waals surface area contributed by atoms with Gasteiger partial charge in [0, 0.05) is 34.6 Å². The van der Waals surface area contributed by atoms with Crippen LogP contribution in [-0.4, -0.2) is 77.8 Å². The molecule has 1 aliphatic rings. The first-order valence-corrected chi connectivity index (χ1v) is 9.58. The Morgan fingerprint density at radius 2 is 1.56 bits per heavy atom. The largest absolute Gasteiger partial charge is 0.459 e. The first kappa shape index (κ1) is 26.8. The Morgan fingerprint density at radius 3 is 1.97 bits per heavy atom. The van der Waals surface area contributed by atoms with Gasteiger partial charge in [0.2, 0.25) is 18.4 Å². The molecule has 1 heterocycles. The smallest absolute Gasteiger partial charge is 0.305 e. The van der Waals surface area contributed by atoms with Crippen molar-refractivity contribution in [1.82, 2.24) is 4.90 Å². The zero-order valence-corrected chi connectivity index (χ0v) is 18.5. The number of esters is 4. The van der Waals surface area contributed by atoms with E-state index >= 15 is 0 Å². The van der Waals surface area contributed by atoms with Gasteiger partial charge >= 0.3 is 23.9 Å². The zero-order chi connectivity index (χ0) is 24.6. The molecule has 5 atom stereocenters. The van der Waals surface area contributed by atoms with E-state index in [1.807, 2.05) is 0 Å². The molecular formula is C20H27NO11. The quantitative estimate of drug-likeness (QED) is 0.199. The van der Waals surface area contributed by atoms with Crippen molar-refractivity contribution in [2.24, 2.45) is 0 Å². The van der Waals surface area contributed by atoms with Gasteiger partial charge in [-0.2, -0.15) is 0 Å². The molecule has 0 radical (unpaired) electrons. The summed E-state index contributed by atoms with van der Waals surface area (Å²) in [6.45, 7) is 8.16. The van der Waals surface area contributed by atoms with Crippen molar-refractivity contribution < 1.29 is 52.5 Å². The van der Waals surface area contributed by atoms with Gasteiger partial charge in [-0.25, -0.2) is 0 Å². The second kappa shape index (κ2) is 11.4. The Morgan fingerprint density at radius 1 is 0.969 bits per heavy atom. The molecule has 0 bridgehead atoms. The number of ether oxygens (including phenoxy) is 5. The van der Waals surface area contributed by atoms with Gasteiger partial charge in [-0.3, -0.25) is 33.7 Å². The molecule has 2 amide bonds. The molecule has 12 nitrogen and oxygen atoms in total. The summed E-state index contributed by atoms with van der Waals surface area (Å²) in [7, 11) is 0. The third-order valence-corrected chi connectivity index (χ3v) is 4.39. The normalized spacial score (nSPS) is 26.8. The van der Waals surface area contributed by atoms with Crippen LogP contribution in [0.5, 0.6) is 0 Å². The van der Waals surface area contributed by atoms with E-state index in [1.165, 1.54) is 6.08 Å². The van der Waals surface area contributed by atoms with E-state index in [2.05, 4.69) is 6.58 Å². The molecular weight excluding hydrogens is 430 g/mol. The fraction of sp³-hybridized carbons (Fsp3) is 0.600. The predicted molar refractivity (Wildman–Crippen MR) is 104 cm³/mol. The molecule has 0 spiro atoms. The van der Waals surface area contributed by atoms with Crippen molar-refractivity contribution in [3.05, 3.63) is 12.7 Å². The molecule has 1 fully saturated rings. The van der Waals surface area contributed by atoms with Crippen molar-refractivity contribution in [2.75, 3.05) is 6.61 Å². The Hall–Kier alpha value is -3.28. The van der Waals surface area contributed by atoms with E-state index < -0.39 is 66.5 Å². The summed E-state index contributed by atoms with van der Waals surface area (Å²) in [4.78, 5) is 71.8. The lowest BCUT2D eigenvalue weighted by Gasteiger charge is -2.51. The summed E-state index contributed by atoms with van der Waals surface area (Å²) in [5.74, 6) is -6.39. The number of imide groups is 1. The van der Waals surface area contributed by atoms with Crippen LogP contribution in [0.1, 0.15) is 41.0 Å². The van der Waals surface area contributed by atoms with Crippen LogP contribution in [0, 0.1) is 0 Å². The van der Waals surface area contributed by atoms with E-state index in [1.54, 1.807) is 0 Å². The van der Waals surface area contributed by atoms with Crippen LogP contribution in [0.15, 0.2) is 12.7 Å². The molecule has 0 aromatic carbocycles. The van der Waals surface area contributed by atoms with Crippen molar-refractivity contribution in [1.29, 1.82) is 0 Å². The molecule has 32 heavy (non-hydrogen) atoms. The maximum absolute atomic E-state index is 12.1. The van der Waals surface area contributed by atoms with E-state index in [0.29, 0.717) is 4.90 Å². The molecule has 0 aromatic rings. The van der Waals surface area contributed by atoms with Gasteiger partial charge < -0.3 is 23.7 Å². The van der Waals surface area contributed by atoms with Crippen LogP contribution in [0.4, 0.5) is 0 Å². The number of carbonyl (C=O) groups is 6. The highest BCUT2D eigenvalue weighted by atomic mass is 16.8. The van der Waals surface area contributed by atoms with E-state index in [-0.39, 0.29) is 12.8 Å². The fourth-order valence-electron chi connectivity index (χ4n) is 3.41. The van der Waals surface area contributed by atoms with Crippen molar-refractivity contribution in [3.8, 4) is 0 Å². The summed E-state index contributed by atoms with van der Waals surface area (Å²) in [5, 5.41) is 0. The van der Waals surface area contributed by atoms with E-state index in [4.69, 9.17) is 23.7 Å². The minimum absolute atomic E-state index is 0.0179. The van der Waals surface area contributed by atoms with E-state index in [0.717, 1.165) is 34.6 Å². The van der Waals surface area contributed by atoms with Gasteiger partial charge in [-0.1, -0.05) is 6.08 Å². The number of hydrogen-bond acceptors (Lipinski definition) is 11. The van der Waals surface area contributed by atoms with Gasteiger partial charge in [-0.15, -0.1) is 6.58 Å². The number of rotatable bonds is 9. The van der Waals surface area contributed by atoms with Gasteiger partial charge in [0.15, 0.2) is 12.7 Å². The Labute approximate surface area is 184 Å². The molecule has 0 N–H and O–H groups in total. The molecule has 1 aliphatic heterocycles. The monoisotopic (exact) mass is 457 g/mol. The molecule has 1 saturated heterocycles. The number of nitrogens with zero attached hydrogens (tertiary/aromatic N) is 1. The number of hydrogen-bond donors (Lipinski definition) is 0. The molecule has 12 heteroatoms. The van der Waals surface area contributed by atoms with Crippen LogP contribution in [0.2, 0.25) is 0 Å². The van der Waals surface area contributed by atoms with Gasteiger partial charge in [0.25, 0.3) is 5.79 Å². The Bertz CT molecular complexity index is 780. The van der Waals surface area contributed by atoms with Crippen LogP contribution >= 0.6 is 0 Å². The molecule has 0 aliphatic carbocycles. The number of carbonyl (C=O) groups excluding carboxylic acids is 6. The zero-order valence-electron chi connectivity index (χ0n) is 18.5. The minimum Gasteiger partial charge on any atom is -0.459 e. The van der Waals surface area contributed by atoms with Crippen LogP contribution in [0.3, 0.4) is 0 Å². The maximum Gasteiger partial charge on any atom is 0.305 e. The lowest BCUT2D eigenvalue weighted by Crippen LogP contribution is -2.72. The van der Waals surface area contributed by atoms with E-state index in [9.17, 15) is 28.8 Å². The lowest BCUT2D eigenvalue weighted by molar-refractivity contribution is -0.348. The summed E-state index contributed by atoms with van der Waals surface area (Å²) in [5.41, 5.74) is 0. The first-order chi connectivity index (χ1) is 14.9. The average Bonchev–Trinajstić information content (AvgIpc) is 2.64. The number of amides is 2. The second-order valence-corrected chi connectivity index (χ2v) is 6.99. The first-order valence-electron chi connectivity index (χ1n) is 9.58. The maximum atomic E-state index is 12.1. The third-order valence-electron chi connectivity index (χ3n) is 4.39. The van der Waals surface area contributed by atoms with Gasteiger partial charge in [0.05, 0.1) is 6.10 Å². The summed E-state index contributed by atoms with van der Waals surface area (Å²) >= 11 is 0. The highest BCUT2D eigenvalue weighted by Gasteiger charge is 2.62. The highest BCUT2D eigenvalue weighted by molar-refractivity contribution is 5.85. The SMILES string of the molecule is C=CC[C@H]1O[C@@](COC(C)=O)(OC(C)=O)[C@@H](OC(C)=O)[C@H](OC(C)=O)[C@H]1N(C=O)C(C)=O. The average molecular weight is 457 g/mol. The van der Waals surface area contributed by atoms with Gasteiger partial charge in [0.1, 0.15) is 6.04 Å². The summed E-state index contributed by atoms with van der Waals surface area (Å²) < 4.78 is 26.9. The third kappa shape index (κ3) is 6.61. The van der Waals surface area contributed by atoms with Crippen molar-refractivity contribution >= 4 is 36.2 Å². The standard InChI is InChI=1S/C20H27NO11/c1-7-8-16-17(21(10-22)11(2)23)18(29-13(4)25)19(30-14(5)26)20(32-16,31-15(6)27)9-28-12(3)24/h7,10,16-19H,1,8-9H2,2-6H3/t16-,17+,18-,19+,20-/m1/s1. The van der Waals surface area contributed by atoms with Crippen molar-refractivity contribution in [3.63, 3.8) is 0 Å². The fourth-order valence-corrected chi connectivity index (χ4v) is 3.41. The topological polar surface area (TPSA) is 152 Å². The Kier molecular flexibility index (Phi) is 9.51. The molecule has 1 rings (SSSR count). The van der Waals surface area contributed by atoms with Crippen LogP contribution < -0.4 is 0 Å². The molecule has 178 valence electrons. The summed E-state index contributed by atoms with van der Waals surface area (Å²) in [6, 6.07) is -1.29. The van der Waals surface area contributed by atoms with Crippen molar-refractivity contribution in [2.45, 2.75) is 71.2 Å². The molecule has 0 unspecified atom stereocenters. The molecule has 0 aromatic heterocycles. The van der Waals surface area contributed by atoms with Crippen LogP contribution in [0.25, 0.3) is 0 Å². The van der Waals surface area contributed by atoms with Gasteiger partial charge in [-0.05, 0) is 6.42 Å². The predicted octanol–water partition coefficient (Wildman–Crippen LogP) is 0.0207. The minimum atomic E-state index is -2.25. The molecule has 0 saturated carbocycles. The second-order valence-electron chi connectivity index (χ2n) is 6.99. The Balaban J connectivity index is 3.79. The summed E-state index contributed by atoms with van der Waals surface area (Å²) in [6.07, 6.45) is -2.82. The lowest BCUT2D eigenvalue weighted by atomic mass is 9.87.